The summed E-state index contributed by atoms with van der Waals surface area (Å²) >= 11 is 7.58. The summed E-state index contributed by atoms with van der Waals surface area (Å²) < 4.78 is 0. The fourth-order valence-corrected chi connectivity index (χ4v) is 2.28. The van der Waals surface area contributed by atoms with Crippen LogP contribution in [0.5, 0.6) is 0 Å². The van der Waals surface area contributed by atoms with Gasteiger partial charge in [0.2, 0.25) is 0 Å². The van der Waals surface area contributed by atoms with E-state index in [4.69, 9.17) is 17.3 Å². The third-order valence-electron chi connectivity index (χ3n) is 2.06. The van der Waals surface area contributed by atoms with Gasteiger partial charge in [-0.3, -0.25) is 0 Å². The van der Waals surface area contributed by atoms with Crippen LogP contribution in [0.2, 0.25) is 5.02 Å². The fourth-order valence-electron chi connectivity index (χ4n) is 1.23. The Kier molecular flexibility index (Phi) is 3.36. The first-order valence-corrected chi connectivity index (χ1v) is 6.00. The molecule has 2 rings (SSSR count). The van der Waals surface area contributed by atoms with Crippen LogP contribution in [-0.4, -0.2) is 4.98 Å². The van der Waals surface area contributed by atoms with Gasteiger partial charge in [-0.2, -0.15) is 0 Å². The smallest absolute Gasteiger partial charge is 0.120 e. The highest BCUT2D eigenvalue weighted by atomic mass is 35.5. The quantitative estimate of drug-likeness (QED) is 0.882. The molecule has 16 heavy (non-hydrogen) atoms. The third kappa shape index (κ3) is 2.68. The maximum atomic E-state index is 6.05. The van der Waals surface area contributed by atoms with E-state index in [0.29, 0.717) is 10.7 Å². The van der Waals surface area contributed by atoms with Gasteiger partial charge in [0.25, 0.3) is 0 Å². The van der Waals surface area contributed by atoms with Gasteiger partial charge in [-0.05, 0) is 25.1 Å². The third-order valence-corrected chi connectivity index (χ3v) is 3.49. The molecule has 2 aromatic rings. The van der Waals surface area contributed by atoms with Crippen LogP contribution in [0.25, 0.3) is 0 Å². The Hall–Kier alpha value is -1.19. The number of nitrogens with two attached hydrogens (primary N) is 1. The second-order valence-electron chi connectivity index (χ2n) is 3.47. The van der Waals surface area contributed by atoms with Gasteiger partial charge in [-0.15, -0.1) is 0 Å². The van der Waals surface area contributed by atoms with Gasteiger partial charge >= 0.3 is 0 Å². The molecule has 2 nitrogen and oxygen atoms in total. The molecule has 0 aliphatic rings. The minimum absolute atomic E-state index is 0.582. The van der Waals surface area contributed by atoms with E-state index >= 15 is 0 Å². The number of nitrogens with zero attached hydrogens (tertiary/aromatic N) is 1. The highest BCUT2D eigenvalue weighted by Gasteiger charge is 2.04. The molecule has 0 amide bonds. The Morgan fingerprint density at radius 2 is 1.94 bits per heavy atom. The zero-order valence-corrected chi connectivity index (χ0v) is 10.3. The number of pyridine rings is 1. The summed E-state index contributed by atoms with van der Waals surface area (Å²) in [7, 11) is 0. The van der Waals surface area contributed by atoms with Gasteiger partial charge in [-0.1, -0.05) is 41.1 Å². The van der Waals surface area contributed by atoms with Crippen LogP contribution in [0.3, 0.4) is 0 Å². The molecule has 0 unspecified atom stereocenters. The Labute approximate surface area is 104 Å². The molecule has 0 radical (unpaired) electrons. The topological polar surface area (TPSA) is 38.9 Å². The van der Waals surface area contributed by atoms with Crippen LogP contribution < -0.4 is 5.73 Å². The molecule has 0 saturated heterocycles. The lowest BCUT2D eigenvalue weighted by molar-refractivity contribution is 1.14. The molecule has 0 aliphatic heterocycles. The molecule has 0 atom stereocenters. The molecule has 0 spiro atoms. The maximum Gasteiger partial charge on any atom is 0.120 e. The van der Waals surface area contributed by atoms with Crippen molar-refractivity contribution in [3.05, 3.63) is 47.1 Å². The van der Waals surface area contributed by atoms with Crippen molar-refractivity contribution in [1.82, 2.24) is 4.98 Å². The van der Waals surface area contributed by atoms with Crippen molar-refractivity contribution in [2.45, 2.75) is 16.8 Å². The number of aryl methyl sites for hydroxylation is 1. The summed E-state index contributed by atoms with van der Waals surface area (Å²) in [4.78, 5) is 5.32. The van der Waals surface area contributed by atoms with E-state index in [2.05, 4.69) is 24.0 Å². The number of hydrogen-bond donors (Lipinski definition) is 1. The van der Waals surface area contributed by atoms with E-state index < -0.39 is 0 Å². The van der Waals surface area contributed by atoms with Crippen molar-refractivity contribution in [2.24, 2.45) is 0 Å². The van der Waals surface area contributed by atoms with Gasteiger partial charge < -0.3 is 5.73 Å². The van der Waals surface area contributed by atoms with Crippen LogP contribution in [0, 0.1) is 6.92 Å². The first-order valence-electron chi connectivity index (χ1n) is 4.81. The number of rotatable bonds is 2. The molecule has 2 N–H and O–H groups in total. The van der Waals surface area contributed by atoms with Gasteiger partial charge in [0.1, 0.15) is 5.03 Å². The summed E-state index contributed by atoms with van der Waals surface area (Å²) in [6.07, 6.45) is 1.61. The molecule has 82 valence electrons. The van der Waals surface area contributed by atoms with Crippen molar-refractivity contribution in [3.8, 4) is 0 Å². The summed E-state index contributed by atoms with van der Waals surface area (Å²) in [5.74, 6) is 0. The Morgan fingerprint density at radius 1 is 1.25 bits per heavy atom. The van der Waals surface area contributed by atoms with E-state index in [0.717, 1.165) is 9.92 Å². The molecule has 0 fully saturated rings. The highest BCUT2D eigenvalue weighted by molar-refractivity contribution is 7.99. The Balaban J connectivity index is 2.23. The average Bonchev–Trinajstić information content (AvgIpc) is 2.25. The molecule has 1 aromatic heterocycles. The predicted molar refractivity (Wildman–Crippen MR) is 69.0 cm³/mol. The summed E-state index contributed by atoms with van der Waals surface area (Å²) in [5, 5.41) is 1.37. The minimum atomic E-state index is 0.582. The van der Waals surface area contributed by atoms with E-state index in [-0.39, 0.29) is 0 Å². The summed E-state index contributed by atoms with van der Waals surface area (Å²) in [5.41, 5.74) is 7.40. The van der Waals surface area contributed by atoms with Crippen LogP contribution in [0.4, 0.5) is 5.69 Å². The van der Waals surface area contributed by atoms with Crippen molar-refractivity contribution in [3.63, 3.8) is 0 Å². The Bertz CT molecular complexity index is 497. The number of hydrogen-bond acceptors (Lipinski definition) is 3. The largest absolute Gasteiger partial charge is 0.397 e. The van der Waals surface area contributed by atoms with E-state index in [1.807, 2.05) is 12.1 Å². The van der Waals surface area contributed by atoms with Crippen molar-refractivity contribution >= 4 is 29.1 Å². The average molecular weight is 251 g/mol. The molecule has 1 aromatic carbocycles. The van der Waals surface area contributed by atoms with Crippen LogP contribution in [-0.2, 0) is 0 Å². The standard InChI is InChI=1S/C12H11ClN2S/c1-8-2-4-10(5-3-8)16-12-11(13)6-9(14)7-15-12/h2-7H,14H2,1H3. The normalized spacial score (nSPS) is 10.4. The first kappa shape index (κ1) is 11.3. The molecule has 4 heteroatoms. The van der Waals surface area contributed by atoms with Gasteiger partial charge in [0.05, 0.1) is 16.9 Å². The monoisotopic (exact) mass is 250 g/mol. The number of anilines is 1. The van der Waals surface area contributed by atoms with E-state index in [1.54, 1.807) is 12.3 Å². The highest BCUT2D eigenvalue weighted by Crippen LogP contribution is 2.32. The number of aromatic nitrogens is 1. The van der Waals surface area contributed by atoms with Crippen LogP contribution in [0.1, 0.15) is 5.56 Å². The number of halogens is 1. The number of nitrogen functional groups attached to an aromatic ring is 1. The SMILES string of the molecule is Cc1ccc(Sc2ncc(N)cc2Cl)cc1. The van der Waals surface area contributed by atoms with Crippen molar-refractivity contribution in [2.75, 3.05) is 5.73 Å². The summed E-state index contributed by atoms with van der Waals surface area (Å²) in [6, 6.07) is 9.94. The molecule has 0 bridgehead atoms. The second kappa shape index (κ2) is 4.76. The van der Waals surface area contributed by atoms with Crippen molar-refractivity contribution in [1.29, 1.82) is 0 Å². The second-order valence-corrected chi connectivity index (χ2v) is 4.94. The fraction of sp³-hybridized carbons (Fsp3) is 0.0833. The molecular weight excluding hydrogens is 240 g/mol. The zero-order chi connectivity index (χ0) is 11.5. The summed E-state index contributed by atoms with van der Waals surface area (Å²) in [6.45, 7) is 2.06. The lowest BCUT2D eigenvalue weighted by Crippen LogP contribution is -1.88. The van der Waals surface area contributed by atoms with E-state index in [1.165, 1.54) is 17.3 Å². The van der Waals surface area contributed by atoms with Gasteiger partial charge in [-0.25, -0.2) is 4.98 Å². The molecule has 0 saturated carbocycles. The molecule has 0 aliphatic carbocycles. The predicted octanol–water partition coefficient (Wildman–Crippen LogP) is 3.78. The van der Waals surface area contributed by atoms with Crippen molar-refractivity contribution < 1.29 is 0 Å². The lowest BCUT2D eigenvalue weighted by Gasteiger charge is -2.04. The Morgan fingerprint density at radius 3 is 2.56 bits per heavy atom. The van der Waals surface area contributed by atoms with Crippen LogP contribution >= 0.6 is 23.4 Å². The van der Waals surface area contributed by atoms with E-state index in [9.17, 15) is 0 Å². The first-order chi connectivity index (χ1) is 7.65. The number of benzene rings is 1. The maximum absolute atomic E-state index is 6.05. The molecular formula is C12H11ClN2S. The zero-order valence-electron chi connectivity index (χ0n) is 8.77. The van der Waals surface area contributed by atoms with Gasteiger partial charge in [0.15, 0.2) is 0 Å². The van der Waals surface area contributed by atoms with Gasteiger partial charge in [0, 0.05) is 4.90 Å². The minimum Gasteiger partial charge on any atom is -0.397 e. The van der Waals surface area contributed by atoms with Crippen LogP contribution in [0.15, 0.2) is 46.5 Å². The lowest BCUT2D eigenvalue weighted by atomic mass is 10.2. The molecule has 1 heterocycles.